The molecule has 122 valence electrons. The Morgan fingerprint density at radius 1 is 1.24 bits per heavy atom. The first-order valence-corrected chi connectivity index (χ1v) is 8.16. The molecule has 0 spiro atoms. The highest BCUT2D eigenvalue weighted by molar-refractivity contribution is 9.10. The van der Waals surface area contributed by atoms with E-state index in [1.165, 1.54) is 21.3 Å². The van der Waals surface area contributed by atoms with E-state index in [4.69, 9.17) is 0 Å². The minimum absolute atomic E-state index is 0.0922. The van der Waals surface area contributed by atoms with Crippen molar-refractivity contribution in [1.29, 1.82) is 5.26 Å². The van der Waals surface area contributed by atoms with E-state index in [0.29, 0.717) is 16.7 Å². The highest BCUT2D eigenvalue weighted by Gasteiger charge is 2.18. The normalized spacial score (nSPS) is 11.1. The molecule has 2 aromatic heterocycles. The Morgan fingerprint density at radius 3 is 2.80 bits per heavy atom. The summed E-state index contributed by atoms with van der Waals surface area (Å²) >= 11 is 3.44. The molecule has 0 atom stereocenters. The van der Waals surface area contributed by atoms with Crippen LogP contribution in [0.4, 0.5) is 4.39 Å². The van der Waals surface area contributed by atoms with Crippen LogP contribution in [0.2, 0.25) is 0 Å². The fourth-order valence-electron chi connectivity index (χ4n) is 2.99. The number of nitriles is 1. The average Bonchev–Trinajstić information content (AvgIpc) is 2.86. The standard InChI is InChI=1S/C18H10BrFN4O/c1-23-16-9-22-14-4-2-11(19)7-13(14)17(16)24(18(23)25)15-5-3-12(20)6-10(15)8-21/h2-7,9H,1H3. The molecule has 0 saturated carbocycles. The summed E-state index contributed by atoms with van der Waals surface area (Å²) in [6.07, 6.45) is 1.62. The molecule has 4 aromatic rings. The van der Waals surface area contributed by atoms with Gasteiger partial charge >= 0.3 is 5.69 Å². The van der Waals surface area contributed by atoms with Gasteiger partial charge in [0.2, 0.25) is 0 Å². The van der Waals surface area contributed by atoms with Crippen LogP contribution in [0.25, 0.3) is 27.6 Å². The maximum absolute atomic E-state index is 13.5. The molecule has 0 radical (unpaired) electrons. The highest BCUT2D eigenvalue weighted by Crippen LogP contribution is 2.28. The van der Waals surface area contributed by atoms with E-state index in [-0.39, 0.29) is 11.3 Å². The van der Waals surface area contributed by atoms with Gasteiger partial charge in [-0.05, 0) is 36.4 Å². The zero-order chi connectivity index (χ0) is 17.7. The van der Waals surface area contributed by atoms with Crippen molar-refractivity contribution in [2.75, 3.05) is 0 Å². The van der Waals surface area contributed by atoms with Crippen molar-refractivity contribution in [3.8, 4) is 11.8 Å². The van der Waals surface area contributed by atoms with E-state index in [9.17, 15) is 14.4 Å². The highest BCUT2D eigenvalue weighted by atomic mass is 79.9. The van der Waals surface area contributed by atoms with Gasteiger partial charge in [0.15, 0.2) is 0 Å². The summed E-state index contributed by atoms with van der Waals surface area (Å²) in [4.78, 5) is 17.3. The first-order valence-electron chi connectivity index (χ1n) is 7.37. The topological polar surface area (TPSA) is 63.6 Å². The van der Waals surface area contributed by atoms with Crippen molar-refractivity contribution in [3.05, 3.63) is 68.9 Å². The molecule has 0 N–H and O–H groups in total. The van der Waals surface area contributed by atoms with Crippen molar-refractivity contribution in [1.82, 2.24) is 14.1 Å². The van der Waals surface area contributed by atoms with E-state index >= 15 is 0 Å². The predicted molar refractivity (Wildman–Crippen MR) is 96.2 cm³/mol. The van der Waals surface area contributed by atoms with E-state index in [0.717, 1.165) is 21.4 Å². The van der Waals surface area contributed by atoms with Crippen LogP contribution in [0.15, 0.2) is 51.9 Å². The molecule has 0 unspecified atom stereocenters. The number of halogens is 2. The summed E-state index contributed by atoms with van der Waals surface area (Å²) in [6, 6.07) is 11.3. The second-order valence-electron chi connectivity index (χ2n) is 5.60. The van der Waals surface area contributed by atoms with Crippen LogP contribution in [0.3, 0.4) is 0 Å². The van der Waals surface area contributed by atoms with Gasteiger partial charge in [0.25, 0.3) is 0 Å². The quantitative estimate of drug-likeness (QED) is 0.493. The maximum Gasteiger partial charge on any atom is 0.333 e. The number of hydrogen-bond donors (Lipinski definition) is 0. The van der Waals surface area contributed by atoms with Gasteiger partial charge in [-0.15, -0.1) is 0 Å². The minimum Gasteiger partial charge on any atom is -0.293 e. The molecular formula is C18H10BrFN4O. The van der Waals surface area contributed by atoms with Gasteiger partial charge in [0.1, 0.15) is 11.9 Å². The van der Waals surface area contributed by atoms with E-state index in [1.807, 2.05) is 24.3 Å². The van der Waals surface area contributed by atoms with Crippen molar-refractivity contribution < 1.29 is 4.39 Å². The van der Waals surface area contributed by atoms with E-state index in [2.05, 4.69) is 20.9 Å². The molecule has 2 aromatic carbocycles. The van der Waals surface area contributed by atoms with Crippen LogP contribution < -0.4 is 5.69 Å². The minimum atomic E-state index is -0.525. The number of fused-ring (bicyclic) bond motifs is 3. The molecule has 0 aliphatic carbocycles. The van der Waals surface area contributed by atoms with Crippen molar-refractivity contribution in [2.45, 2.75) is 0 Å². The number of imidazole rings is 1. The van der Waals surface area contributed by atoms with Gasteiger partial charge in [-0.1, -0.05) is 15.9 Å². The Balaban J connectivity index is 2.26. The van der Waals surface area contributed by atoms with Crippen LogP contribution in [-0.2, 0) is 7.05 Å². The summed E-state index contributed by atoms with van der Waals surface area (Å²) in [5.41, 5.74) is 2.08. The predicted octanol–water partition coefficient (Wildman–Crippen LogP) is 3.65. The molecule has 0 amide bonds. The SMILES string of the molecule is Cn1c(=O)n(-c2ccc(F)cc2C#N)c2c3cc(Br)ccc3ncc21. The van der Waals surface area contributed by atoms with Crippen LogP contribution >= 0.6 is 15.9 Å². The molecular weight excluding hydrogens is 387 g/mol. The Morgan fingerprint density at radius 2 is 2.04 bits per heavy atom. The monoisotopic (exact) mass is 396 g/mol. The maximum atomic E-state index is 13.5. The van der Waals surface area contributed by atoms with Gasteiger partial charge in [0, 0.05) is 16.9 Å². The van der Waals surface area contributed by atoms with Gasteiger partial charge < -0.3 is 0 Å². The number of hydrogen-bond acceptors (Lipinski definition) is 3. The van der Waals surface area contributed by atoms with E-state index in [1.54, 1.807) is 13.2 Å². The number of rotatable bonds is 1. The fraction of sp³-hybridized carbons (Fsp3) is 0.0556. The fourth-order valence-corrected chi connectivity index (χ4v) is 3.35. The number of benzene rings is 2. The van der Waals surface area contributed by atoms with Gasteiger partial charge in [-0.2, -0.15) is 5.26 Å². The lowest BCUT2D eigenvalue weighted by molar-refractivity contribution is 0.626. The first kappa shape index (κ1) is 15.5. The third kappa shape index (κ3) is 2.26. The summed E-state index contributed by atoms with van der Waals surface area (Å²) in [5, 5.41) is 10.1. The molecule has 0 aliphatic heterocycles. The smallest absolute Gasteiger partial charge is 0.293 e. The Labute approximate surface area is 149 Å². The van der Waals surface area contributed by atoms with E-state index < -0.39 is 5.82 Å². The molecule has 25 heavy (non-hydrogen) atoms. The first-order chi connectivity index (χ1) is 12.0. The second-order valence-corrected chi connectivity index (χ2v) is 6.52. The van der Waals surface area contributed by atoms with Crippen molar-refractivity contribution >= 4 is 37.9 Å². The van der Waals surface area contributed by atoms with Crippen molar-refractivity contribution in [2.24, 2.45) is 7.05 Å². The Bertz CT molecular complexity index is 1270. The lowest BCUT2D eigenvalue weighted by Gasteiger charge is -2.08. The lowest BCUT2D eigenvalue weighted by atomic mass is 10.1. The zero-order valence-corrected chi connectivity index (χ0v) is 14.6. The molecule has 0 fully saturated rings. The van der Waals surface area contributed by atoms with Crippen molar-refractivity contribution in [3.63, 3.8) is 0 Å². The molecule has 4 rings (SSSR count). The summed E-state index contributed by atoms with van der Waals surface area (Å²) in [5.74, 6) is -0.525. The lowest BCUT2D eigenvalue weighted by Crippen LogP contribution is -2.21. The molecule has 0 bridgehead atoms. The van der Waals surface area contributed by atoms with Gasteiger partial charge in [-0.25, -0.2) is 9.18 Å². The molecule has 2 heterocycles. The number of aryl methyl sites for hydroxylation is 1. The van der Waals surface area contributed by atoms with Gasteiger partial charge in [-0.3, -0.25) is 14.1 Å². The Hall–Kier alpha value is -2.98. The summed E-state index contributed by atoms with van der Waals surface area (Å²) in [7, 11) is 1.64. The largest absolute Gasteiger partial charge is 0.333 e. The van der Waals surface area contributed by atoms with Crippen LogP contribution in [0.1, 0.15) is 5.56 Å². The number of aromatic nitrogens is 3. The summed E-state index contributed by atoms with van der Waals surface area (Å²) in [6.45, 7) is 0. The average molecular weight is 397 g/mol. The summed E-state index contributed by atoms with van der Waals surface area (Å²) < 4.78 is 17.3. The third-order valence-electron chi connectivity index (χ3n) is 4.17. The van der Waals surface area contributed by atoms with Crippen LogP contribution in [0, 0.1) is 17.1 Å². The molecule has 7 heteroatoms. The third-order valence-corrected chi connectivity index (χ3v) is 4.66. The Kier molecular flexibility index (Phi) is 3.44. The molecule has 0 saturated heterocycles. The van der Waals surface area contributed by atoms with Crippen LogP contribution in [0.5, 0.6) is 0 Å². The van der Waals surface area contributed by atoms with Crippen LogP contribution in [-0.4, -0.2) is 14.1 Å². The van der Waals surface area contributed by atoms with Gasteiger partial charge in [0.05, 0.1) is 34.0 Å². The number of pyridine rings is 1. The molecule has 5 nitrogen and oxygen atoms in total. The number of nitrogens with zero attached hydrogens (tertiary/aromatic N) is 4. The second kappa shape index (κ2) is 5.53. The molecule has 0 aliphatic rings. The zero-order valence-electron chi connectivity index (χ0n) is 13.0.